The number of hydrogen-bond acceptors (Lipinski definition) is 2. The van der Waals surface area contributed by atoms with Gasteiger partial charge < -0.3 is 15.6 Å². The SMILES string of the molecule is COc1ccc([C@H](C[NH3+])C2(O)CCCCC2)cc1. The van der Waals surface area contributed by atoms with Crippen LogP contribution in [0.4, 0.5) is 0 Å². The first-order valence-corrected chi connectivity index (χ1v) is 6.85. The molecule has 1 atom stereocenters. The van der Waals surface area contributed by atoms with Crippen molar-refractivity contribution in [3.8, 4) is 5.75 Å². The highest BCUT2D eigenvalue weighted by Gasteiger charge is 2.39. The van der Waals surface area contributed by atoms with Crippen LogP contribution in [0.15, 0.2) is 24.3 Å². The molecule has 3 nitrogen and oxygen atoms in total. The maximum Gasteiger partial charge on any atom is 0.118 e. The summed E-state index contributed by atoms with van der Waals surface area (Å²) in [6.07, 6.45) is 5.31. The fourth-order valence-electron chi connectivity index (χ4n) is 3.09. The predicted molar refractivity (Wildman–Crippen MR) is 71.5 cm³/mol. The van der Waals surface area contributed by atoms with Crippen LogP contribution >= 0.6 is 0 Å². The summed E-state index contributed by atoms with van der Waals surface area (Å²) in [6.45, 7) is 0.739. The Hall–Kier alpha value is -1.06. The molecule has 0 heterocycles. The molecule has 1 saturated carbocycles. The molecule has 18 heavy (non-hydrogen) atoms. The zero-order valence-electron chi connectivity index (χ0n) is 11.2. The van der Waals surface area contributed by atoms with E-state index in [-0.39, 0.29) is 5.92 Å². The molecule has 0 aromatic heterocycles. The van der Waals surface area contributed by atoms with Gasteiger partial charge in [-0.3, -0.25) is 0 Å². The minimum Gasteiger partial charge on any atom is -0.497 e. The highest BCUT2D eigenvalue weighted by molar-refractivity contribution is 5.31. The van der Waals surface area contributed by atoms with Crippen LogP contribution in [-0.4, -0.2) is 24.4 Å². The summed E-state index contributed by atoms with van der Waals surface area (Å²) in [7, 11) is 1.67. The standard InChI is InChI=1S/C15H23NO2/c1-18-13-7-5-12(6-8-13)14(11-16)15(17)9-3-2-4-10-15/h5-8,14,17H,2-4,9-11,16H2,1H3/p+1/t14-/m0/s1. The van der Waals surface area contributed by atoms with Gasteiger partial charge in [0.25, 0.3) is 0 Å². The second-order valence-electron chi connectivity index (χ2n) is 5.28. The molecule has 1 fully saturated rings. The third-order valence-electron chi connectivity index (χ3n) is 4.17. The molecular weight excluding hydrogens is 226 g/mol. The minimum absolute atomic E-state index is 0.142. The lowest BCUT2D eigenvalue weighted by molar-refractivity contribution is -0.380. The summed E-state index contributed by atoms with van der Waals surface area (Å²) in [6, 6.07) is 8.04. The van der Waals surface area contributed by atoms with E-state index in [0.29, 0.717) is 0 Å². The van der Waals surface area contributed by atoms with Crippen molar-refractivity contribution in [2.75, 3.05) is 13.7 Å². The normalized spacial score (nSPS) is 20.4. The Kier molecular flexibility index (Phi) is 4.25. The molecule has 4 N–H and O–H groups in total. The lowest BCUT2D eigenvalue weighted by Gasteiger charge is -2.38. The van der Waals surface area contributed by atoms with Gasteiger partial charge in [-0.2, -0.15) is 0 Å². The lowest BCUT2D eigenvalue weighted by Crippen LogP contribution is -2.58. The van der Waals surface area contributed by atoms with Gasteiger partial charge in [-0.1, -0.05) is 31.4 Å². The molecule has 0 saturated heterocycles. The van der Waals surface area contributed by atoms with Gasteiger partial charge in [0.1, 0.15) is 5.75 Å². The van der Waals surface area contributed by atoms with Crippen LogP contribution in [0.5, 0.6) is 5.75 Å². The molecule has 0 bridgehead atoms. The molecule has 1 aromatic rings. The summed E-state index contributed by atoms with van der Waals surface area (Å²) >= 11 is 0. The molecule has 1 aliphatic carbocycles. The van der Waals surface area contributed by atoms with Crippen molar-refractivity contribution in [2.24, 2.45) is 0 Å². The molecule has 1 aliphatic rings. The van der Waals surface area contributed by atoms with Crippen LogP contribution < -0.4 is 10.5 Å². The number of methoxy groups -OCH3 is 1. The van der Waals surface area contributed by atoms with E-state index >= 15 is 0 Å². The maximum absolute atomic E-state index is 10.8. The zero-order chi connectivity index (χ0) is 13.0. The van der Waals surface area contributed by atoms with Crippen LogP contribution in [0.25, 0.3) is 0 Å². The molecule has 0 amide bonds. The summed E-state index contributed by atoms with van der Waals surface area (Å²) in [5.74, 6) is 1.00. The lowest BCUT2D eigenvalue weighted by atomic mass is 9.73. The van der Waals surface area contributed by atoms with E-state index in [2.05, 4.69) is 17.9 Å². The Morgan fingerprint density at radius 3 is 2.33 bits per heavy atom. The van der Waals surface area contributed by atoms with Crippen molar-refractivity contribution in [3.63, 3.8) is 0 Å². The van der Waals surface area contributed by atoms with E-state index in [4.69, 9.17) is 4.74 Å². The Bertz CT molecular complexity index is 369. The van der Waals surface area contributed by atoms with Crippen LogP contribution in [0, 0.1) is 0 Å². The summed E-state index contributed by atoms with van der Waals surface area (Å²) in [5, 5.41) is 10.8. The zero-order valence-corrected chi connectivity index (χ0v) is 11.2. The van der Waals surface area contributed by atoms with Gasteiger partial charge in [-0.05, 0) is 30.5 Å². The van der Waals surface area contributed by atoms with Crippen molar-refractivity contribution < 1.29 is 15.6 Å². The van der Waals surface area contributed by atoms with Gasteiger partial charge in [0.15, 0.2) is 0 Å². The van der Waals surface area contributed by atoms with E-state index in [0.717, 1.165) is 38.0 Å². The highest BCUT2D eigenvalue weighted by Crippen LogP contribution is 2.39. The molecule has 1 aromatic carbocycles. The number of rotatable bonds is 4. The Morgan fingerprint density at radius 2 is 1.83 bits per heavy atom. The van der Waals surface area contributed by atoms with Gasteiger partial charge in [0.2, 0.25) is 0 Å². The van der Waals surface area contributed by atoms with E-state index in [1.807, 2.05) is 12.1 Å². The average Bonchev–Trinajstić information content (AvgIpc) is 2.41. The molecule has 3 heteroatoms. The number of hydrogen-bond donors (Lipinski definition) is 2. The Labute approximate surface area is 109 Å². The molecule has 0 spiro atoms. The second-order valence-corrected chi connectivity index (χ2v) is 5.28. The molecule has 2 rings (SSSR count). The summed E-state index contributed by atoms with van der Waals surface area (Å²) in [5.41, 5.74) is 4.65. The number of benzene rings is 1. The van der Waals surface area contributed by atoms with Crippen molar-refractivity contribution >= 4 is 0 Å². The quantitative estimate of drug-likeness (QED) is 0.855. The minimum atomic E-state index is -0.561. The maximum atomic E-state index is 10.8. The number of ether oxygens (including phenoxy) is 1. The molecule has 100 valence electrons. The summed E-state index contributed by atoms with van der Waals surface area (Å²) < 4.78 is 5.18. The summed E-state index contributed by atoms with van der Waals surface area (Å²) in [4.78, 5) is 0. The van der Waals surface area contributed by atoms with Crippen LogP contribution in [0.1, 0.15) is 43.6 Å². The first kappa shape index (κ1) is 13.4. The monoisotopic (exact) mass is 250 g/mol. The van der Waals surface area contributed by atoms with E-state index in [1.54, 1.807) is 7.11 Å². The van der Waals surface area contributed by atoms with E-state index in [9.17, 15) is 5.11 Å². The second kappa shape index (κ2) is 5.72. The Balaban J connectivity index is 2.20. The average molecular weight is 250 g/mol. The fourth-order valence-corrected chi connectivity index (χ4v) is 3.09. The van der Waals surface area contributed by atoms with Gasteiger partial charge >= 0.3 is 0 Å². The predicted octanol–water partition coefficient (Wildman–Crippen LogP) is 1.72. The van der Waals surface area contributed by atoms with Crippen LogP contribution in [0.3, 0.4) is 0 Å². The van der Waals surface area contributed by atoms with Crippen molar-refractivity contribution in [3.05, 3.63) is 29.8 Å². The van der Waals surface area contributed by atoms with Gasteiger partial charge in [0, 0.05) is 0 Å². The molecular formula is C15H24NO2+. The topological polar surface area (TPSA) is 57.1 Å². The third kappa shape index (κ3) is 2.68. The Morgan fingerprint density at radius 1 is 1.22 bits per heavy atom. The van der Waals surface area contributed by atoms with Crippen molar-refractivity contribution in [1.82, 2.24) is 0 Å². The number of aliphatic hydroxyl groups is 1. The molecule has 0 unspecified atom stereocenters. The van der Waals surface area contributed by atoms with Gasteiger partial charge in [0.05, 0.1) is 25.2 Å². The first-order chi connectivity index (χ1) is 8.69. The van der Waals surface area contributed by atoms with Gasteiger partial charge in [-0.15, -0.1) is 0 Å². The van der Waals surface area contributed by atoms with Crippen molar-refractivity contribution in [1.29, 1.82) is 0 Å². The number of quaternary nitrogens is 1. The molecule has 0 aliphatic heterocycles. The fraction of sp³-hybridized carbons (Fsp3) is 0.600. The molecule has 0 radical (unpaired) electrons. The largest absolute Gasteiger partial charge is 0.497 e. The smallest absolute Gasteiger partial charge is 0.118 e. The van der Waals surface area contributed by atoms with E-state index < -0.39 is 5.60 Å². The van der Waals surface area contributed by atoms with Crippen molar-refractivity contribution in [2.45, 2.75) is 43.6 Å². The van der Waals surface area contributed by atoms with Crippen LogP contribution in [0.2, 0.25) is 0 Å². The van der Waals surface area contributed by atoms with Crippen LogP contribution in [-0.2, 0) is 0 Å². The third-order valence-corrected chi connectivity index (χ3v) is 4.17. The van der Waals surface area contributed by atoms with E-state index in [1.165, 1.54) is 12.0 Å². The highest BCUT2D eigenvalue weighted by atomic mass is 16.5. The van der Waals surface area contributed by atoms with Gasteiger partial charge in [-0.25, -0.2) is 0 Å². The first-order valence-electron chi connectivity index (χ1n) is 6.85.